The van der Waals surface area contributed by atoms with Gasteiger partial charge in [-0.05, 0) is 56.9 Å². The number of carbonyl (C=O) groups is 2. The number of halogens is 1. The third-order valence-corrected chi connectivity index (χ3v) is 5.48. The number of nitrogens with zero attached hydrogens (tertiary/aromatic N) is 2. The van der Waals surface area contributed by atoms with Crippen molar-refractivity contribution in [3.8, 4) is 22.6 Å². The fraction of sp³-hybridized carbons (Fsp3) is 0.480. The smallest absolute Gasteiger partial charge is 0.408 e. The van der Waals surface area contributed by atoms with Gasteiger partial charge in [-0.2, -0.15) is 4.39 Å². The summed E-state index contributed by atoms with van der Waals surface area (Å²) in [6, 6.07) is 4.44. The average molecular weight is 474 g/mol. The molecule has 3 rings (SSSR count). The number of carbonyl (C=O) groups excluding carboxylic acids is 1. The number of carboxylic acid groups (broad SMARTS) is 1. The van der Waals surface area contributed by atoms with Gasteiger partial charge in [0, 0.05) is 29.8 Å². The molecule has 2 heterocycles. The lowest BCUT2D eigenvalue weighted by Gasteiger charge is -2.40. The van der Waals surface area contributed by atoms with E-state index in [2.05, 4.69) is 10.3 Å². The van der Waals surface area contributed by atoms with Gasteiger partial charge < -0.3 is 19.9 Å². The van der Waals surface area contributed by atoms with Gasteiger partial charge in [0.05, 0.1) is 6.04 Å². The lowest BCUT2D eigenvalue weighted by atomic mass is 9.97. The highest BCUT2D eigenvalue weighted by atomic mass is 19.1. The molecule has 2 aromatic rings. The number of pyridine rings is 1. The van der Waals surface area contributed by atoms with Gasteiger partial charge in [-0.3, -0.25) is 9.69 Å². The first-order chi connectivity index (χ1) is 15.9. The zero-order valence-corrected chi connectivity index (χ0v) is 20.4. The number of nitrogens with one attached hydrogen (secondary N) is 1. The summed E-state index contributed by atoms with van der Waals surface area (Å²) in [6.45, 7) is 11.0. The molecule has 0 bridgehead atoms. The van der Waals surface area contributed by atoms with Gasteiger partial charge in [-0.25, -0.2) is 9.78 Å². The van der Waals surface area contributed by atoms with Crippen LogP contribution in [0, 0.1) is 11.7 Å². The van der Waals surface area contributed by atoms with Crippen LogP contribution in [0.1, 0.15) is 53.5 Å². The molecular formula is C25H32FN3O5. The molecule has 1 atom stereocenters. The van der Waals surface area contributed by atoms with Crippen LogP contribution in [0.4, 0.5) is 15.0 Å². The standard InChI is InChI=1S/C25H32FN3O5/c1-14(2)9-17(29(24(31)32)25(4,5)6)13-33-20-8-7-18-19-10-21(28-15(3)30)27-11-16(19)12-34-23(18)22(20)26/h7-8,10-11,14,17H,9,12-13H2,1-6H3,(H,31,32)(H,27,28,30). The number of benzene rings is 1. The first-order valence-corrected chi connectivity index (χ1v) is 11.3. The minimum Gasteiger partial charge on any atom is -0.488 e. The van der Waals surface area contributed by atoms with Gasteiger partial charge in [0.15, 0.2) is 11.5 Å². The maximum Gasteiger partial charge on any atom is 0.408 e. The van der Waals surface area contributed by atoms with E-state index in [0.717, 1.165) is 5.56 Å². The lowest BCUT2D eigenvalue weighted by molar-refractivity contribution is -0.114. The summed E-state index contributed by atoms with van der Waals surface area (Å²) < 4.78 is 26.9. The van der Waals surface area contributed by atoms with Crippen LogP contribution in [0.15, 0.2) is 24.4 Å². The maximum absolute atomic E-state index is 15.4. The van der Waals surface area contributed by atoms with Crippen LogP contribution in [0.2, 0.25) is 0 Å². The van der Waals surface area contributed by atoms with Gasteiger partial charge in [-0.15, -0.1) is 0 Å². The molecule has 0 aliphatic carbocycles. The summed E-state index contributed by atoms with van der Waals surface area (Å²) in [5.74, 6) is -0.273. The fourth-order valence-electron chi connectivity index (χ4n) is 4.22. The number of amides is 2. The third-order valence-electron chi connectivity index (χ3n) is 5.48. The summed E-state index contributed by atoms with van der Waals surface area (Å²) in [6.07, 6.45) is 1.12. The molecule has 1 aromatic carbocycles. The van der Waals surface area contributed by atoms with Crippen LogP contribution >= 0.6 is 0 Å². The van der Waals surface area contributed by atoms with E-state index in [9.17, 15) is 14.7 Å². The van der Waals surface area contributed by atoms with Crippen molar-refractivity contribution in [2.75, 3.05) is 11.9 Å². The van der Waals surface area contributed by atoms with E-state index < -0.39 is 23.5 Å². The zero-order chi connectivity index (χ0) is 25.2. The predicted molar refractivity (Wildman–Crippen MR) is 127 cm³/mol. The fourth-order valence-corrected chi connectivity index (χ4v) is 4.22. The Morgan fingerprint density at radius 2 is 2.00 bits per heavy atom. The van der Waals surface area contributed by atoms with E-state index in [1.165, 1.54) is 17.9 Å². The Kier molecular flexibility index (Phi) is 7.33. The molecule has 0 saturated carbocycles. The van der Waals surface area contributed by atoms with Crippen LogP contribution in [-0.2, 0) is 11.4 Å². The highest BCUT2D eigenvalue weighted by molar-refractivity contribution is 5.89. The van der Waals surface area contributed by atoms with Crippen molar-refractivity contribution < 1.29 is 28.6 Å². The lowest BCUT2D eigenvalue weighted by Crippen LogP contribution is -2.53. The van der Waals surface area contributed by atoms with E-state index in [1.54, 1.807) is 18.3 Å². The molecule has 184 valence electrons. The Morgan fingerprint density at radius 1 is 1.29 bits per heavy atom. The molecule has 9 heteroatoms. The highest BCUT2D eigenvalue weighted by Gasteiger charge is 2.34. The van der Waals surface area contributed by atoms with Crippen molar-refractivity contribution >= 4 is 17.8 Å². The molecular weight excluding hydrogens is 441 g/mol. The van der Waals surface area contributed by atoms with Crippen LogP contribution in [-0.4, -0.2) is 45.2 Å². The van der Waals surface area contributed by atoms with Crippen LogP contribution < -0.4 is 14.8 Å². The monoisotopic (exact) mass is 473 g/mol. The van der Waals surface area contributed by atoms with Gasteiger partial charge in [0.2, 0.25) is 11.7 Å². The maximum atomic E-state index is 15.4. The number of aromatic nitrogens is 1. The summed E-state index contributed by atoms with van der Waals surface area (Å²) in [4.78, 5) is 28.9. The molecule has 2 N–H and O–H groups in total. The molecule has 0 spiro atoms. The summed E-state index contributed by atoms with van der Waals surface area (Å²) in [5.41, 5.74) is 1.37. The molecule has 2 amide bonds. The number of ether oxygens (including phenoxy) is 2. The molecule has 1 unspecified atom stereocenters. The summed E-state index contributed by atoms with van der Waals surface area (Å²) >= 11 is 0. The van der Waals surface area contributed by atoms with E-state index in [0.29, 0.717) is 23.4 Å². The Balaban J connectivity index is 1.89. The Hall–Kier alpha value is -3.36. The average Bonchev–Trinajstić information content (AvgIpc) is 2.70. The van der Waals surface area contributed by atoms with Crippen LogP contribution in [0.5, 0.6) is 11.5 Å². The van der Waals surface area contributed by atoms with Crippen molar-refractivity contribution in [1.82, 2.24) is 9.88 Å². The predicted octanol–water partition coefficient (Wildman–Crippen LogP) is 5.31. The second-order valence-corrected chi connectivity index (χ2v) is 9.87. The second kappa shape index (κ2) is 9.87. The Bertz CT molecular complexity index is 1080. The molecule has 8 nitrogen and oxygen atoms in total. The van der Waals surface area contributed by atoms with E-state index in [4.69, 9.17) is 9.47 Å². The minimum atomic E-state index is -1.05. The van der Waals surface area contributed by atoms with Gasteiger partial charge in [-0.1, -0.05) is 13.8 Å². The number of hydrogen-bond donors (Lipinski definition) is 2. The van der Waals surface area contributed by atoms with Gasteiger partial charge >= 0.3 is 6.09 Å². The van der Waals surface area contributed by atoms with E-state index >= 15 is 4.39 Å². The SMILES string of the molecule is CC(=O)Nc1cc2c(cn1)COc1c-2ccc(OCC(CC(C)C)N(C(=O)O)C(C)(C)C)c1F. The van der Waals surface area contributed by atoms with Crippen molar-refractivity contribution in [3.63, 3.8) is 0 Å². The normalized spacial score (nSPS) is 13.4. The first kappa shape index (κ1) is 25.3. The van der Waals surface area contributed by atoms with Gasteiger partial charge in [0.1, 0.15) is 19.0 Å². The summed E-state index contributed by atoms with van der Waals surface area (Å²) in [7, 11) is 0. The third kappa shape index (κ3) is 5.58. The molecule has 1 aliphatic heterocycles. The Labute approximate surface area is 199 Å². The number of hydrogen-bond acceptors (Lipinski definition) is 5. The number of anilines is 1. The second-order valence-electron chi connectivity index (χ2n) is 9.87. The van der Waals surface area contributed by atoms with Gasteiger partial charge in [0.25, 0.3) is 0 Å². The Morgan fingerprint density at radius 3 is 2.59 bits per heavy atom. The molecule has 1 aromatic heterocycles. The van der Waals surface area contributed by atoms with Crippen molar-refractivity contribution in [2.24, 2.45) is 5.92 Å². The molecule has 0 radical (unpaired) electrons. The highest BCUT2D eigenvalue weighted by Crippen LogP contribution is 2.43. The molecule has 0 saturated heterocycles. The molecule has 0 fully saturated rings. The summed E-state index contributed by atoms with van der Waals surface area (Å²) in [5, 5.41) is 12.4. The van der Waals surface area contributed by atoms with Crippen molar-refractivity contribution in [1.29, 1.82) is 0 Å². The van der Waals surface area contributed by atoms with Crippen molar-refractivity contribution in [2.45, 2.75) is 66.2 Å². The van der Waals surface area contributed by atoms with Crippen LogP contribution in [0.3, 0.4) is 0 Å². The van der Waals surface area contributed by atoms with E-state index in [1.807, 2.05) is 34.6 Å². The van der Waals surface area contributed by atoms with Crippen molar-refractivity contribution in [3.05, 3.63) is 35.8 Å². The largest absolute Gasteiger partial charge is 0.488 e. The van der Waals surface area contributed by atoms with Crippen LogP contribution in [0.25, 0.3) is 11.1 Å². The molecule has 1 aliphatic rings. The topological polar surface area (TPSA) is 101 Å². The quantitative estimate of drug-likeness (QED) is 0.565. The molecule has 34 heavy (non-hydrogen) atoms. The number of fused-ring (bicyclic) bond motifs is 3. The minimum absolute atomic E-state index is 0.00461. The zero-order valence-electron chi connectivity index (χ0n) is 20.4. The van der Waals surface area contributed by atoms with E-state index in [-0.39, 0.29) is 36.5 Å². The number of rotatable bonds is 7. The first-order valence-electron chi connectivity index (χ1n) is 11.3.